The quantitative estimate of drug-likeness (QED) is 0.822. The van der Waals surface area contributed by atoms with Gasteiger partial charge in [-0.05, 0) is 38.8 Å². The molecule has 124 valence electrons. The third-order valence-electron chi connectivity index (χ3n) is 3.91. The summed E-state index contributed by atoms with van der Waals surface area (Å²) in [5.74, 6) is -0.0889. The van der Waals surface area contributed by atoms with E-state index >= 15 is 0 Å². The maximum atomic E-state index is 12.4. The molecule has 2 heterocycles. The maximum Gasteiger partial charge on any atom is 0.253 e. The van der Waals surface area contributed by atoms with Crippen molar-refractivity contribution < 1.29 is 9.53 Å². The standard InChI is InChI=1S/C15H24N4O2.ClH/c1-4-13-12(8-11(2)18-19-13)14(20)16-9-15(10-21-3)6-5-7-17-15;/h8,17H,4-7,9-10H2,1-3H3,(H,16,20);1H. The molecular formula is C15H25ClN4O2. The van der Waals surface area contributed by atoms with E-state index in [1.165, 1.54) is 0 Å². The average molecular weight is 329 g/mol. The van der Waals surface area contributed by atoms with Gasteiger partial charge in [-0.25, -0.2) is 0 Å². The molecule has 1 fully saturated rings. The van der Waals surface area contributed by atoms with Crippen molar-refractivity contribution in [2.75, 3.05) is 26.8 Å². The number of ether oxygens (including phenoxy) is 1. The predicted octanol–water partition coefficient (Wildman–Crippen LogP) is 1.27. The fourth-order valence-corrected chi connectivity index (χ4v) is 2.79. The van der Waals surface area contributed by atoms with Gasteiger partial charge >= 0.3 is 0 Å². The summed E-state index contributed by atoms with van der Waals surface area (Å²) in [6, 6.07) is 1.80. The number of carbonyl (C=O) groups is 1. The van der Waals surface area contributed by atoms with Crippen molar-refractivity contribution >= 4 is 18.3 Å². The number of hydrogen-bond acceptors (Lipinski definition) is 5. The molecule has 1 unspecified atom stereocenters. The number of methoxy groups -OCH3 is 1. The van der Waals surface area contributed by atoms with Gasteiger partial charge in [0.2, 0.25) is 0 Å². The number of halogens is 1. The van der Waals surface area contributed by atoms with Gasteiger partial charge < -0.3 is 15.4 Å². The number of amides is 1. The van der Waals surface area contributed by atoms with Gasteiger partial charge in [0.1, 0.15) is 0 Å². The van der Waals surface area contributed by atoms with E-state index in [2.05, 4.69) is 20.8 Å². The molecule has 7 heteroatoms. The molecule has 0 radical (unpaired) electrons. The Hall–Kier alpha value is -1.24. The highest BCUT2D eigenvalue weighted by atomic mass is 35.5. The van der Waals surface area contributed by atoms with Gasteiger partial charge in [0.15, 0.2) is 0 Å². The van der Waals surface area contributed by atoms with E-state index in [9.17, 15) is 4.79 Å². The van der Waals surface area contributed by atoms with Gasteiger partial charge in [0, 0.05) is 13.7 Å². The molecule has 1 amide bonds. The molecule has 0 spiro atoms. The zero-order valence-electron chi connectivity index (χ0n) is 13.4. The summed E-state index contributed by atoms with van der Waals surface area (Å²) < 4.78 is 5.29. The van der Waals surface area contributed by atoms with Crippen molar-refractivity contribution in [1.29, 1.82) is 0 Å². The number of nitrogens with zero attached hydrogens (tertiary/aromatic N) is 2. The smallest absolute Gasteiger partial charge is 0.253 e. The van der Waals surface area contributed by atoms with Gasteiger partial charge in [-0.15, -0.1) is 12.4 Å². The molecule has 0 aromatic carbocycles. The highest BCUT2D eigenvalue weighted by Gasteiger charge is 2.34. The van der Waals surface area contributed by atoms with Crippen LogP contribution in [0.15, 0.2) is 6.07 Å². The molecule has 1 atom stereocenters. The Labute approximate surface area is 137 Å². The highest BCUT2D eigenvalue weighted by molar-refractivity contribution is 5.95. The number of aryl methyl sites for hydroxylation is 2. The van der Waals surface area contributed by atoms with Crippen LogP contribution < -0.4 is 10.6 Å². The lowest BCUT2D eigenvalue weighted by Gasteiger charge is -2.29. The lowest BCUT2D eigenvalue weighted by Crippen LogP contribution is -2.53. The number of hydrogen-bond donors (Lipinski definition) is 2. The Kier molecular flexibility index (Phi) is 7.19. The van der Waals surface area contributed by atoms with E-state index in [1.54, 1.807) is 13.2 Å². The van der Waals surface area contributed by atoms with Gasteiger partial charge in [-0.3, -0.25) is 4.79 Å². The molecule has 0 bridgehead atoms. The summed E-state index contributed by atoms with van der Waals surface area (Å²) >= 11 is 0. The lowest BCUT2D eigenvalue weighted by atomic mass is 9.98. The average Bonchev–Trinajstić information content (AvgIpc) is 2.94. The van der Waals surface area contributed by atoms with E-state index in [1.807, 2.05) is 13.8 Å². The monoisotopic (exact) mass is 328 g/mol. The Morgan fingerprint density at radius 3 is 2.86 bits per heavy atom. The first kappa shape index (κ1) is 18.8. The molecule has 1 aliphatic rings. The van der Waals surface area contributed by atoms with Gasteiger partial charge in [-0.1, -0.05) is 6.92 Å². The summed E-state index contributed by atoms with van der Waals surface area (Å²) in [5, 5.41) is 14.6. The van der Waals surface area contributed by atoms with Crippen molar-refractivity contribution in [3.8, 4) is 0 Å². The molecular weight excluding hydrogens is 304 g/mol. The molecule has 1 aromatic rings. The third kappa shape index (κ3) is 4.38. The van der Waals surface area contributed by atoms with Gasteiger partial charge in [0.05, 0.1) is 29.1 Å². The van der Waals surface area contributed by atoms with Crippen molar-refractivity contribution in [3.05, 3.63) is 23.0 Å². The lowest BCUT2D eigenvalue weighted by molar-refractivity contribution is 0.0890. The maximum absolute atomic E-state index is 12.4. The number of nitrogens with one attached hydrogen (secondary N) is 2. The summed E-state index contributed by atoms with van der Waals surface area (Å²) in [6.45, 7) is 5.94. The Morgan fingerprint density at radius 2 is 2.27 bits per heavy atom. The van der Waals surface area contributed by atoms with Crippen LogP contribution in [0.3, 0.4) is 0 Å². The van der Waals surface area contributed by atoms with Crippen LogP contribution in [-0.4, -0.2) is 48.4 Å². The van der Waals surface area contributed by atoms with Gasteiger partial charge in [0.25, 0.3) is 5.91 Å². The zero-order chi connectivity index (χ0) is 15.3. The van der Waals surface area contributed by atoms with Crippen LogP contribution in [0.1, 0.15) is 41.5 Å². The first-order valence-electron chi connectivity index (χ1n) is 7.45. The van der Waals surface area contributed by atoms with Crippen molar-refractivity contribution in [1.82, 2.24) is 20.8 Å². The fraction of sp³-hybridized carbons (Fsp3) is 0.667. The van der Waals surface area contributed by atoms with Crippen LogP contribution in [0.4, 0.5) is 0 Å². The van der Waals surface area contributed by atoms with Crippen molar-refractivity contribution in [2.45, 2.75) is 38.6 Å². The highest BCUT2D eigenvalue weighted by Crippen LogP contribution is 2.19. The second kappa shape index (κ2) is 8.41. The fourth-order valence-electron chi connectivity index (χ4n) is 2.79. The molecule has 2 rings (SSSR count). The molecule has 1 saturated heterocycles. The second-order valence-corrected chi connectivity index (χ2v) is 5.63. The predicted molar refractivity (Wildman–Crippen MR) is 87.6 cm³/mol. The first-order valence-corrected chi connectivity index (χ1v) is 7.45. The van der Waals surface area contributed by atoms with E-state index in [0.29, 0.717) is 25.1 Å². The van der Waals surface area contributed by atoms with Crippen molar-refractivity contribution in [2.24, 2.45) is 0 Å². The molecule has 22 heavy (non-hydrogen) atoms. The van der Waals surface area contributed by atoms with Crippen molar-refractivity contribution in [3.63, 3.8) is 0 Å². The third-order valence-corrected chi connectivity index (χ3v) is 3.91. The minimum absolute atomic E-state index is 0. The molecule has 1 aromatic heterocycles. The van der Waals surface area contributed by atoms with Crippen LogP contribution in [-0.2, 0) is 11.2 Å². The minimum Gasteiger partial charge on any atom is -0.383 e. The Balaban J connectivity index is 0.00000242. The molecule has 0 saturated carbocycles. The largest absolute Gasteiger partial charge is 0.383 e. The topological polar surface area (TPSA) is 76.1 Å². The first-order chi connectivity index (χ1) is 10.1. The van der Waals surface area contributed by atoms with E-state index < -0.39 is 0 Å². The Bertz CT molecular complexity index is 504. The summed E-state index contributed by atoms with van der Waals surface area (Å²) in [5.41, 5.74) is 1.96. The molecule has 6 nitrogen and oxygen atoms in total. The SMILES string of the molecule is CCc1nnc(C)cc1C(=O)NCC1(COC)CCCN1.Cl. The number of aromatic nitrogens is 2. The molecule has 1 aliphatic heterocycles. The molecule has 2 N–H and O–H groups in total. The van der Waals surface area contributed by atoms with Crippen LogP contribution in [0.5, 0.6) is 0 Å². The summed E-state index contributed by atoms with van der Waals surface area (Å²) in [6.07, 6.45) is 2.81. The van der Waals surface area contributed by atoms with E-state index in [0.717, 1.165) is 30.8 Å². The Morgan fingerprint density at radius 1 is 1.50 bits per heavy atom. The summed E-state index contributed by atoms with van der Waals surface area (Å²) in [4.78, 5) is 12.4. The zero-order valence-corrected chi connectivity index (χ0v) is 14.3. The van der Waals surface area contributed by atoms with Crippen LogP contribution in [0.25, 0.3) is 0 Å². The number of carbonyl (C=O) groups excluding carboxylic acids is 1. The van der Waals surface area contributed by atoms with Crippen LogP contribution >= 0.6 is 12.4 Å². The van der Waals surface area contributed by atoms with Gasteiger partial charge in [-0.2, -0.15) is 10.2 Å². The van der Waals surface area contributed by atoms with Crippen LogP contribution in [0, 0.1) is 6.92 Å². The van der Waals surface area contributed by atoms with E-state index in [4.69, 9.17) is 4.74 Å². The summed E-state index contributed by atoms with van der Waals surface area (Å²) in [7, 11) is 1.69. The minimum atomic E-state index is -0.147. The van der Waals surface area contributed by atoms with E-state index in [-0.39, 0.29) is 23.9 Å². The number of rotatable bonds is 6. The normalized spacial score (nSPS) is 20.5. The molecule has 0 aliphatic carbocycles. The van der Waals surface area contributed by atoms with Crippen LogP contribution in [0.2, 0.25) is 0 Å². The second-order valence-electron chi connectivity index (χ2n) is 5.63.